The predicted octanol–water partition coefficient (Wildman–Crippen LogP) is 4.74. The zero-order valence-corrected chi connectivity index (χ0v) is 22.9. The van der Waals surface area contributed by atoms with Crippen LogP contribution in [0.1, 0.15) is 29.5 Å². The molecule has 3 aromatic carbocycles. The van der Waals surface area contributed by atoms with Crippen molar-refractivity contribution in [1.82, 2.24) is 0 Å². The molecule has 0 unspecified atom stereocenters. The zero-order chi connectivity index (χ0) is 25.8. The summed E-state index contributed by atoms with van der Waals surface area (Å²) in [5.74, 6) is 0. The molecule has 2 aliphatic rings. The Morgan fingerprint density at radius 1 is 0.528 bits per heavy atom. The average molecular weight is 556 g/mol. The summed E-state index contributed by atoms with van der Waals surface area (Å²) in [4.78, 5) is 0. The van der Waals surface area contributed by atoms with Gasteiger partial charge in [0, 0.05) is 0 Å². The summed E-state index contributed by atoms with van der Waals surface area (Å²) in [5, 5.41) is 30.4. The van der Waals surface area contributed by atoms with Gasteiger partial charge in [0.15, 0.2) is 0 Å². The van der Waals surface area contributed by atoms with Crippen molar-refractivity contribution < 1.29 is 40.0 Å². The van der Waals surface area contributed by atoms with Crippen LogP contribution in [0.3, 0.4) is 0 Å². The summed E-state index contributed by atoms with van der Waals surface area (Å²) >= 11 is 1.63. The molecule has 0 saturated carbocycles. The average Bonchev–Trinajstić information content (AvgIpc) is 3.71. The molecule has 0 amide bonds. The van der Waals surface area contributed by atoms with Crippen molar-refractivity contribution in [2.45, 2.75) is 36.3 Å². The number of allylic oxidation sites excluding steroid dienone is 8. The molecular weight excluding hydrogens is 524 g/mol. The van der Waals surface area contributed by atoms with E-state index in [1.54, 1.807) is 35.9 Å². The van der Waals surface area contributed by atoms with Gasteiger partial charge in [-0.05, 0) is 0 Å². The van der Waals surface area contributed by atoms with Crippen molar-refractivity contribution in [3.63, 3.8) is 0 Å². The van der Waals surface area contributed by atoms with Crippen LogP contribution in [-0.4, -0.2) is 0 Å². The van der Waals surface area contributed by atoms with Crippen molar-refractivity contribution in [3.05, 3.63) is 155 Å². The third-order valence-corrected chi connectivity index (χ3v) is 7.19. The fourth-order valence-corrected chi connectivity index (χ4v) is 4.37. The van der Waals surface area contributed by atoms with E-state index >= 15 is 0 Å². The van der Waals surface area contributed by atoms with Crippen LogP contribution in [0.2, 0.25) is 3.63 Å². The normalized spacial score (nSPS) is 12.9. The Kier molecular flexibility index (Phi) is 15.3. The Morgan fingerprint density at radius 2 is 0.833 bits per heavy atom. The van der Waals surface area contributed by atoms with E-state index in [0.29, 0.717) is 0 Å². The Bertz CT molecular complexity index is 964. The molecule has 0 saturated heterocycles. The summed E-state index contributed by atoms with van der Waals surface area (Å²) in [5.41, 5.74) is 5.76. The Morgan fingerprint density at radius 3 is 1.03 bits per heavy atom. The SMILES string of the molecule is [O-]Cc1ccccc1.[O-]Cc1ccccc1.[O-]Cc1ccccc1.[Zr+3][CH](C1=CC=CC1)C1=CC=CC1. The van der Waals surface area contributed by atoms with Crippen LogP contribution < -0.4 is 15.3 Å². The quantitative estimate of drug-likeness (QED) is 0.457. The summed E-state index contributed by atoms with van der Waals surface area (Å²) < 4.78 is 0.738. The van der Waals surface area contributed by atoms with E-state index in [0.717, 1.165) is 20.3 Å². The minimum atomic E-state index is -0.110. The van der Waals surface area contributed by atoms with Gasteiger partial charge in [-0.25, -0.2) is 0 Å². The molecule has 0 aromatic heterocycles. The van der Waals surface area contributed by atoms with Crippen molar-refractivity contribution in [1.29, 1.82) is 0 Å². The van der Waals surface area contributed by atoms with E-state index in [4.69, 9.17) is 0 Å². The van der Waals surface area contributed by atoms with Crippen LogP contribution in [0.15, 0.2) is 139 Å². The summed E-state index contributed by atoms with van der Waals surface area (Å²) in [6.45, 7) is -0.331. The summed E-state index contributed by atoms with van der Waals surface area (Å²) in [7, 11) is 0. The Hall–Kier alpha value is -2.62. The minimum absolute atomic E-state index is 0.110. The first-order valence-corrected chi connectivity index (χ1v) is 13.4. The molecule has 182 valence electrons. The molecule has 0 heterocycles. The van der Waals surface area contributed by atoms with Gasteiger partial charge in [0.2, 0.25) is 0 Å². The van der Waals surface area contributed by atoms with E-state index in [1.807, 2.05) is 91.0 Å². The van der Waals surface area contributed by atoms with Gasteiger partial charge in [-0.3, -0.25) is 0 Å². The van der Waals surface area contributed by atoms with Crippen molar-refractivity contribution >= 4 is 0 Å². The van der Waals surface area contributed by atoms with Gasteiger partial charge in [-0.15, -0.1) is 19.8 Å². The molecule has 0 radical (unpaired) electrons. The van der Waals surface area contributed by atoms with Crippen LogP contribution in [0.5, 0.6) is 0 Å². The van der Waals surface area contributed by atoms with Gasteiger partial charge >= 0.3 is 88.8 Å². The second kappa shape index (κ2) is 18.6. The van der Waals surface area contributed by atoms with Gasteiger partial charge in [0.05, 0.1) is 0 Å². The predicted molar refractivity (Wildman–Crippen MR) is 138 cm³/mol. The van der Waals surface area contributed by atoms with Crippen molar-refractivity contribution in [3.8, 4) is 0 Å². The standard InChI is InChI=1S/C11H11.3C7H7O.Zr/c1-2-6-10(5-1)9-11-7-3-4-8-11;3*8-6-7-4-2-1-3-5-7;/h1-5,7,9H,6,8H2;3*1-5H,6H2;/q;3*-1;+3. The molecule has 0 aliphatic heterocycles. The molecule has 3 aromatic rings. The molecule has 2 aliphatic carbocycles. The molecule has 0 spiro atoms. The van der Waals surface area contributed by atoms with Gasteiger partial charge in [0.1, 0.15) is 0 Å². The Balaban J connectivity index is 0.000000173. The molecule has 0 N–H and O–H groups in total. The second-order valence-electron chi connectivity index (χ2n) is 8.07. The van der Waals surface area contributed by atoms with Crippen LogP contribution in [0, 0.1) is 0 Å². The first-order valence-electron chi connectivity index (χ1n) is 12.0. The Labute approximate surface area is 230 Å². The van der Waals surface area contributed by atoms with E-state index in [9.17, 15) is 15.3 Å². The number of hydrogen-bond acceptors (Lipinski definition) is 3. The zero-order valence-electron chi connectivity index (χ0n) is 20.5. The molecule has 3 nitrogen and oxygen atoms in total. The maximum atomic E-state index is 10.1. The van der Waals surface area contributed by atoms with Gasteiger partial charge in [-0.2, -0.15) is 0 Å². The van der Waals surface area contributed by atoms with E-state index < -0.39 is 0 Å². The molecule has 5 rings (SSSR count). The third-order valence-electron chi connectivity index (χ3n) is 5.37. The number of hydrogen-bond donors (Lipinski definition) is 0. The monoisotopic (exact) mass is 554 g/mol. The molecule has 4 heteroatoms. The first-order chi connectivity index (χ1) is 17.7. The molecule has 0 fully saturated rings. The molecule has 0 atom stereocenters. The van der Waals surface area contributed by atoms with Gasteiger partial charge in [-0.1, -0.05) is 108 Å². The third kappa shape index (κ3) is 11.9. The van der Waals surface area contributed by atoms with Crippen molar-refractivity contribution in [2.75, 3.05) is 0 Å². The van der Waals surface area contributed by atoms with Crippen LogP contribution in [-0.2, 0) is 44.5 Å². The summed E-state index contributed by atoms with van der Waals surface area (Å²) in [6, 6.07) is 27.9. The summed E-state index contributed by atoms with van der Waals surface area (Å²) in [6.07, 6.45) is 15.7. The number of rotatable bonds is 5. The first kappa shape index (κ1) is 29.6. The fourth-order valence-electron chi connectivity index (χ4n) is 3.32. The fraction of sp³-hybridized carbons (Fsp3) is 0.188. The van der Waals surface area contributed by atoms with Gasteiger partial charge in [0.25, 0.3) is 0 Å². The van der Waals surface area contributed by atoms with Crippen LogP contribution in [0.4, 0.5) is 0 Å². The second-order valence-corrected chi connectivity index (χ2v) is 9.49. The molecule has 0 bridgehead atoms. The van der Waals surface area contributed by atoms with E-state index in [2.05, 4.69) is 36.5 Å². The molecule has 36 heavy (non-hydrogen) atoms. The van der Waals surface area contributed by atoms with Crippen LogP contribution >= 0.6 is 0 Å². The topological polar surface area (TPSA) is 69.2 Å². The number of benzene rings is 3. The molecular formula is C32H32O3Zr. The van der Waals surface area contributed by atoms with Crippen LogP contribution in [0.25, 0.3) is 0 Å². The van der Waals surface area contributed by atoms with E-state index in [-0.39, 0.29) is 19.8 Å². The van der Waals surface area contributed by atoms with E-state index in [1.165, 1.54) is 12.8 Å². The van der Waals surface area contributed by atoms with Crippen molar-refractivity contribution in [2.24, 2.45) is 0 Å². The van der Waals surface area contributed by atoms with Gasteiger partial charge < -0.3 is 15.3 Å². The maximum absolute atomic E-state index is 10.1.